The molecule has 0 saturated carbocycles. The SMILES string of the molecule is COc1ccc(Nc2ncnc3c2cnn3-c2ccc(C)cc2)cc1Cl. The summed E-state index contributed by atoms with van der Waals surface area (Å²) in [5, 5.41) is 9.08. The Labute approximate surface area is 155 Å². The average molecular weight is 366 g/mol. The topological polar surface area (TPSA) is 64.9 Å². The molecular weight excluding hydrogens is 350 g/mol. The van der Waals surface area contributed by atoms with Gasteiger partial charge < -0.3 is 10.1 Å². The van der Waals surface area contributed by atoms with E-state index in [1.54, 1.807) is 30.1 Å². The maximum absolute atomic E-state index is 6.20. The highest BCUT2D eigenvalue weighted by molar-refractivity contribution is 6.32. The summed E-state index contributed by atoms with van der Waals surface area (Å²) in [7, 11) is 1.59. The van der Waals surface area contributed by atoms with E-state index >= 15 is 0 Å². The molecule has 2 aromatic carbocycles. The molecule has 0 aliphatic rings. The van der Waals surface area contributed by atoms with E-state index in [4.69, 9.17) is 16.3 Å². The second-order valence-electron chi connectivity index (χ2n) is 5.83. The van der Waals surface area contributed by atoms with Gasteiger partial charge in [-0.1, -0.05) is 29.3 Å². The first-order valence-corrected chi connectivity index (χ1v) is 8.40. The molecule has 0 amide bonds. The fourth-order valence-corrected chi connectivity index (χ4v) is 2.96. The number of rotatable bonds is 4. The molecule has 26 heavy (non-hydrogen) atoms. The second-order valence-corrected chi connectivity index (χ2v) is 6.23. The van der Waals surface area contributed by atoms with Crippen LogP contribution in [0, 0.1) is 6.92 Å². The Morgan fingerprint density at radius 1 is 1.08 bits per heavy atom. The number of hydrogen-bond acceptors (Lipinski definition) is 5. The summed E-state index contributed by atoms with van der Waals surface area (Å²) in [5.74, 6) is 1.28. The van der Waals surface area contributed by atoms with Crippen LogP contribution in [0.1, 0.15) is 5.56 Å². The zero-order valence-electron chi connectivity index (χ0n) is 14.3. The molecule has 2 heterocycles. The number of fused-ring (bicyclic) bond motifs is 1. The van der Waals surface area contributed by atoms with E-state index in [2.05, 4.69) is 27.3 Å². The van der Waals surface area contributed by atoms with Gasteiger partial charge in [0.1, 0.15) is 17.9 Å². The molecule has 0 bridgehead atoms. The van der Waals surface area contributed by atoms with Gasteiger partial charge in [0.2, 0.25) is 0 Å². The third-order valence-corrected chi connectivity index (χ3v) is 4.35. The van der Waals surface area contributed by atoms with Crippen LogP contribution in [-0.4, -0.2) is 26.9 Å². The minimum absolute atomic E-state index is 0.526. The number of nitrogens with one attached hydrogen (secondary N) is 1. The van der Waals surface area contributed by atoms with Crippen LogP contribution in [0.4, 0.5) is 11.5 Å². The standard InChI is InChI=1S/C19H16ClN5O/c1-12-3-6-14(7-4-12)25-19-15(10-23-25)18(21-11-22-19)24-13-5-8-17(26-2)16(20)9-13/h3-11H,1-2H3,(H,21,22,24). The van der Waals surface area contributed by atoms with Crippen LogP contribution in [0.25, 0.3) is 16.7 Å². The summed E-state index contributed by atoms with van der Waals surface area (Å²) < 4.78 is 6.98. The van der Waals surface area contributed by atoms with E-state index in [1.165, 1.54) is 11.9 Å². The predicted molar refractivity (Wildman–Crippen MR) is 103 cm³/mol. The van der Waals surface area contributed by atoms with Gasteiger partial charge in [0.15, 0.2) is 5.65 Å². The summed E-state index contributed by atoms with van der Waals surface area (Å²) >= 11 is 6.20. The van der Waals surface area contributed by atoms with E-state index < -0.39 is 0 Å². The van der Waals surface area contributed by atoms with Crippen LogP contribution < -0.4 is 10.1 Å². The lowest BCUT2D eigenvalue weighted by atomic mass is 10.2. The van der Waals surface area contributed by atoms with Gasteiger partial charge >= 0.3 is 0 Å². The van der Waals surface area contributed by atoms with E-state index in [0.717, 1.165) is 22.4 Å². The number of ether oxygens (including phenoxy) is 1. The van der Waals surface area contributed by atoms with Crippen LogP contribution in [0.2, 0.25) is 5.02 Å². The van der Waals surface area contributed by atoms with E-state index in [-0.39, 0.29) is 0 Å². The molecule has 0 radical (unpaired) electrons. The Kier molecular flexibility index (Phi) is 4.18. The Morgan fingerprint density at radius 3 is 2.62 bits per heavy atom. The zero-order valence-corrected chi connectivity index (χ0v) is 15.0. The van der Waals surface area contributed by atoms with Crippen LogP contribution in [0.3, 0.4) is 0 Å². The fourth-order valence-electron chi connectivity index (χ4n) is 2.70. The molecule has 6 nitrogen and oxygen atoms in total. The monoisotopic (exact) mass is 365 g/mol. The van der Waals surface area contributed by atoms with Crippen molar-refractivity contribution in [1.29, 1.82) is 0 Å². The maximum Gasteiger partial charge on any atom is 0.168 e. The molecule has 0 aliphatic heterocycles. The number of anilines is 2. The van der Waals surface area contributed by atoms with E-state index in [0.29, 0.717) is 16.6 Å². The highest BCUT2D eigenvalue weighted by Crippen LogP contribution is 2.30. The highest BCUT2D eigenvalue weighted by atomic mass is 35.5. The van der Waals surface area contributed by atoms with Gasteiger partial charge in [0, 0.05) is 5.69 Å². The van der Waals surface area contributed by atoms with Crippen molar-refractivity contribution in [2.75, 3.05) is 12.4 Å². The number of aryl methyl sites for hydroxylation is 1. The second kappa shape index (κ2) is 6.65. The Hall–Kier alpha value is -3.12. The number of hydrogen-bond donors (Lipinski definition) is 1. The molecule has 2 aromatic heterocycles. The van der Waals surface area contributed by atoms with Crippen molar-refractivity contribution in [2.24, 2.45) is 0 Å². The largest absolute Gasteiger partial charge is 0.495 e. The molecule has 0 spiro atoms. The number of halogens is 1. The minimum atomic E-state index is 0.526. The van der Waals surface area contributed by atoms with Gasteiger partial charge in [-0.2, -0.15) is 5.10 Å². The molecule has 1 N–H and O–H groups in total. The van der Waals surface area contributed by atoms with Crippen LogP contribution in [-0.2, 0) is 0 Å². The van der Waals surface area contributed by atoms with Gasteiger partial charge in [-0.25, -0.2) is 14.6 Å². The summed E-state index contributed by atoms with van der Waals surface area (Å²) in [6, 6.07) is 13.6. The Balaban J connectivity index is 1.73. The molecule has 0 saturated heterocycles. The third-order valence-electron chi connectivity index (χ3n) is 4.06. The lowest BCUT2D eigenvalue weighted by Gasteiger charge is -2.09. The zero-order chi connectivity index (χ0) is 18.1. The van der Waals surface area contributed by atoms with Crippen molar-refractivity contribution in [1.82, 2.24) is 19.7 Å². The molecular formula is C19H16ClN5O. The van der Waals surface area contributed by atoms with E-state index in [1.807, 2.05) is 30.3 Å². The first kappa shape index (κ1) is 16.4. The molecule has 130 valence electrons. The average Bonchev–Trinajstić information content (AvgIpc) is 3.08. The summed E-state index contributed by atoms with van der Waals surface area (Å²) in [5.41, 5.74) is 3.67. The number of aromatic nitrogens is 4. The van der Waals surface area contributed by atoms with Crippen LogP contribution in [0.15, 0.2) is 55.0 Å². The lowest BCUT2D eigenvalue weighted by Crippen LogP contribution is -1.99. The first-order chi connectivity index (χ1) is 12.7. The highest BCUT2D eigenvalue weighted by Gasteiger charge is 2.12. The van der Waals surface area contributed by atoms with Crippen LogP contribution in [0.5, 0.6) is 5.75 Å². The number of methoxy groups -OCH3 is 1. The van der Waals surface area contributed by atoms with Gasteiger partial charge in [-0.3, -0.25) is 0 Å². The normalized spacial score (nSPS) is 10.9. The predicted octanol–water partition coefficient (Wildman–Crippen LogP) is 4.53. The molecule has 4 aromatic rings. The van der Waals surface area contributed by atoms with Crippen LogP contribution >= 0.6 is 11.6 Å². The molecule has 7 heteroatoms. The Morgan fingerprint density at radius 2 is 1.88 bits per heavy atom. The quantitative estimate of drug-likeness (QED) is 0.575. The lowest BCUT2D eigenvalue weighted by molar-refractivity contribution is 0.415. The molecule has 4 rings (SSSR count). The molecule has 0 unspecified atom stereocenters. The summed E-state index contributed by atoms with van der Waals surface area (Å²) in [6.45, 7) is 2.05. The molecule has 0 aliphatic carbocycles. The minimum Gasteiger partial charge on any atom is -0.495 e. The number of nitrogens with zero attached hydrogens (tertiary/aromatic N) is 4. The fraction of sp³-hybridized carbons (Fsp3) is 0.105. The van der Waals surface area contributed by atoms with Crippen molar-refractivity contribution >= 4 is 34.1 Å². The van der Waals surface area contributed by atoms with E-state index in [9.17, 15) is 0 Å². The van der Waals surface area contributed by atoms with Gasteiger partial charge in [0.25, 0.3) is 0 Å². The maximum atomic E-state index is 6.20. The summed E-state index contributed by atoms with van der Waals surface area (Å²) in [4.78, 5) is 8.74. The number of benzene rings is 2. The van der Waals surface area contributed by atoms with Crippen molar-refractivity contribution in [2.45, 2.75) is 6.92 Å². The Bertz CT molecular complexity index is 1080. The van der Waals surface area contributed by atoms with Gasteiger partial charge in [-0.05, 0) is 37.3 Å². The van der Waals surface area contributed by atoms with Gasteiger partial charge in [-0.15, -0.1) is 0 Å². The first-order valence-electron chi connectivity index (χ1n) is 8.02. The molecule has 0 fully saturated rings. The van der Waals surface area contributed by atoms with Crippen molar-refractivity contribution in [3.05, 3.63) is 65.6 Å². The smallest absolute Gasteiger partial charge is 0.168 e. The molecule has 0 atom stereocenters. The van der Waals surface area contributed by atoms with Crippen molar-refractivity contribution in [3.8, 4) is 11.4 Å². The van der Waals surface area contributed by atoms with Crippen molar-refractivity contribution < 1.29 is 4.74 Å². The third kappa shape index (κ3) is 2.95. The van der Waals surface area contributed by atoms with Gasteiger partial charge in [0.05, 0.1) is 29.4 Å². The van der Waals surface area contributed by atoms with Crippen molar-refractivity contribution in [3.63, 3.8) is 0 Å². The summed E-state index contributed by atoms with van der Waals surface area (Å²) in [6.07, 6.45) is 3.27.